The summed E-state index contributed by atoms with van der Waals surface area (Å²) in [4.78, 5) is 13.3. The van der Waals surface area contributed by atoms with Crippen LogP contribution < -0.4 is 21.7 Å². The Labute approximate surface area is 176 Å². The highest BCUT2D eigenvalue weighted by atomic mass is 19.1. The number of ether oxygens (including phenoxy) is 2. The molecule has 0 spiro atoms. The number of benzene rings is 1. The molecule has 1 aliphatic carbocycles. The molecular formula is C20H30FN7O2. The summed E-state index contributed by atoms with van der Waals surface area (Å²) in [6.45, 7) is 3.63. The second kappa shape index (κ2) is 12.2. The van der Waals surface area contributed by atoms with Crippen LogP contribution in [0, 0.1) is 5.82 Å². The average molecular weight is 420 g/mol. The molecule has 0 saturated heterocycles. The van der Waals surface area contributed by atoms with Crippen LogP contribution in [0.4, 0.5) is 22.2 Å². The highest BCUT2D eigenvalue weighted by molar-refractivity contribution is 5.43. The highest BCUT2D eigenvalue weighted by Crippen LogP contribution is 2.22. The SMILES string of the molecule is NCCOCCOCCNc1nc(NCc2ccc(F)cc2)nc(NC2CCC2)n1. The van der Waals surface area contributed by atoms with E-state index < -0.39 is 0 Å². The minimum absolute atomic E-state index is 0.259. The van der Waals surface area contributed by atoms with Crippen LogP contribution in [-0.2, 0) is 16.0 Å². The lowest BCUT2D eigenvalue weighted by atomic mass is 9.93. The van der Waals surface area contributed by atoms with Gasteiger partial charge in [0.25, 0.3) is 0 Å². The largest absolute Gasteiger partial charge is 0.378 e. The zero-order chi connectivity index (χ0) is 21.0. The van der Waals surface area contributed by atoms with Gasteiger partial charge in [0, 0.05) is 25.7 Å². The second-order valence-electron chi connectivity index (χ2n) is 7.00. The summed E-state index contributed by atoms with van der Waals surface area (Å²) in [7, 11) is 0. The summed E-state index contributed by atoms with van der Waals surface area (Å²) < 4.78 is 23.8. The van der Waals surface area contributed by atoms with E-state index in [9.17, 15) is 4.39 Å². The van der Waals surface area contributed by atoms with Crippen LogP contribution in [0.15, 0.2) is 24.3 Å². The van der Waals surface area contributed by atoms with Crippen LogP contribution in [0.5, 0.6) is 0 Å². The Balaban J connectivity index is 1.51. The summed E-state index contributed by atoms with van der Waals surface area (Å²) in [5.41, 5.74) is 6.30. The monoisotopic (exact) mass is 419 g/mol. The van der Waals surface area contributed by atoms with Crippen molar-refractivity contribution in [3.63, 3.8) is 0 Å². The summed E-state index contributed by atoms with van der Waals surface area (Å²) in [6, 6.07) is 6.72. The van der Waals surface area contributed by atoms with Gasteiger partial charge in [0.1, 0.15) is 5.82 Å². The van der Waals surface area contributed by atoms with Crippen molar-refractivity contribution in [2.75, 3.05) is 55.5 Å². The van der Waals surface area contributed by atoms with E-state index >= 15 is 0 Å². The summed E-state index contributed by atoms with van der Waals surface area (Å²) >= 11 is 0. The van der Waals surface area contributed by atoms with Gasteiger partial charge in [-0.2, -0.15) is 15.0 Å². The number of nitrogens with one attached hydrogen (secondary N) is 3. The van der Waals surface area contributed by atoms with E-state index in [0.717, 1.165) is 18.4 Å². The predicted molar refractivity (Wildman–Crippen MR) is 114 cm³/mol. The van der Waals surface area contributed by atoms with Crippen molar-refractivity contribution >= 4 is 17.8 Å². The Morgan fingerprint density at radius 2 is 1.57 bits per heavy atom. The molecule has 30 heavy (non-hydrogen) atoms. The zero-order valence-corrected chi connectivity index (χ0v) is 17.1. The summed E-state index contributed by atoms with van der Waals surface area (Å²) in [6.07, 6.45) is 3.45. The third-order valence-electron chi connectivity index (χ3n) is 4.60. The highest BCUT2D eigenvalue weighted by Gasteiger charge is 2.19. The lowest BCUT2D eigenvalue weighted by molar-refractivity contribution is 0.0547. The van der Waals surface area contributed by atoms with Crippen molar-refractivity contribution in [3.05, 3.63) is 35.6 Å². The molecule has 1 aliphatic rings. The number of aromatic nitrogens is 3. The van der Waals surface area contributed by atoms with Crippen LogP contribution in [0.3, 0.4) is 0 Å². The van der Waals surface area contributed by atoms with Crippen molar-refractivity contribution in [2.45, 2.75) is 31.8 Å². The van der Waals surface area contributed by atoms with Crippen molar-refractivity contribution in [3.8, 4) is 0 Å². The molecule has 0 amide bonds. The number of halogens is 1. The first-order valence-electron chi connectivity index (χ1n) is 10.3. The van der Waals surface area contributed by atoms with Crippen molar-refractivity contribution < 1.29 is 13.9 Å². The normalized spacial score (nSPS) is 13.7. The molecule has 1 heterocycles. The quantitative estimate of drug-likeness (QED) is 0.341. The van der Waals surface area contributed by atoms with E-state index in [-0.39, 0.29) is 5.82 Å². The zero-order valence-electron chi connectivity index (χ0n) is 17.1. The molecule has 0 unspecified atom stereocenters. The number of hydrogen-bond acceptors (Lipinski definition) is 9. The number of hydrogen-bond donors (Lipinski definition) is 4. The van der Waals surface area contributed by atoms with Crippen LogP contribution in [0.1, 0.15) is 24.8 Å². The Hall–Kier alpha value is -2.56. The lowest BCUT2D eigenvalue weighted by Crippen LogP contribution is -2.28. The third-order valence-corrected chi connectivity index (χ3v) is 4.60. The molecule has 164 valence electrons. The third kappa shape index (κ3) is 7.69. The summed E-state index contributed by atoms with van der Waals surface area (Å²) in [5.74, 6) is 1.20. The molecule has 1 aromatic heterocycles. The lowest BCUT2D eigenvalue weighted by Gasteiger charge is -2.26. The van der Waals surface area contributed by atoms with E-state index in [1.54, 1.807) is 12.1 Å². The van der Waals surface area contributed by atoms with E-state index in [1.807, 2.05) is 0 Å². The smallest absolute Gasteiger partial charge is 0.229 e. The Morgan fingerprint density at radius 3 is 2.23 bits per heavy atom. The van der Waals surface area contributed by atoms with Gasteiger partial charge in [-0.3, -0.25) is 0 Å². The molecular weight excluding hydrogens is 389 g/mol. The number of nitrogens with zero attached hydrogens (tertiary/aromatic N) is 3. The average Bonchev–Trinajstić information content (AvgIpc) is 2.72. The maximum Gasteiger partial charge on any atom is 0.229 e. The molecule has 3 rings (SSSR count). The fourth-order valence-electron chi connectivity index (χ4n) is 2.76. The Bertz CT molecular complexity index is 759. The molecule has 2 aromatic rings. The Morgan fingerprint density at radius 1 is 0.900 bits per heavy atom. The van der Waals surface area contributed by atoms with Crippen LogP contribution in [0.25, 0.3) is 0 Å². The first-order chi connectivity index (χ1) is 14.7. The van der Waals surface area contributed by atoms with Gasteiger partial charge in [-0.05, 0) is 37.0 Å². The molecule has 0 aliphatic heterocycles. The van der Waals surface area contributed by atoms with E-state index in [0.29, 0.717) is 69.9 Å². The van der Waals surface area contributed by atoms with E-state index in [2.05, 4.69) is 30.9 Å². The molecule has 1 aromatic carbocycles. The second-order valence-corrected chi connectivity index (χ2v) is 7.00. The van der Waals surface area contributed by atoms with E-state index in [1.165, 1.54) is 18.6 Å². The molecule has 1 fully saturated rings. The topological polar surface area (TPSA) is 119 Å². The van der Waals surface area contributed by atoms with Gasteiger partial charge in [-0.15, -0.1) is 0 Å². The van der Waals surface area contributed by atoms with Gasteiger partial charge in [0.15, 0.2) is 0 Å². The maximum atomic E-state index is 13.1. The van der Waals surface area contributed by atoms with Crippen LogP contribution in [0.2, 0.25) is 0 Å². The van der Waals surface area contributed by atoms with Crippen molar-refractivity contribution in [1.29, 1.82) is 0 Å². The standard InChI is InChI=1S/C20H30FN7O2/c21-16-6-4-15(5-7-16)14-24-19-26-18(23-9-11-30-13-12-29-10-8-22)27-20(28-19)25-17-2-1-3-17/h4-7,17H,1-3,8-14,22H2,(H3,23,24,25,26,27,28). The number of nitrogens with two attached hydrogens (primary N) is 1. The van der Waals surface area contributed by atoms with Crippen LogP contribution >= 0.6 is 0 Å². The maximum absolute atomic E-state index is 13.1. The minimum Gasteiger partial charge on any atom is -0.378 e. The van der Waals surface area contributed by atoms with Crippen molar-refractivity contribution in [1.82, 2.24) is 15.0 Å². The van der Waals surface area contributed by atoms with E-state index in [4.69, 9.17) is 15.2 Å². The van der Waals surface area contributed by atoms with Gasteiger partial charge < -0.3 is 31.2 Å². The molecule has 9 nitrogen and oxygen atoms in total. The molecule has 0 bridgehead atoms. The fourth-order valence-corrected chi connectivity index (χ4v) is 2.76. The van der Waals surface area contributed by atoms with Crippen molar-refractivity contribution in [2.24, 2.45) is 5.73 Å². The first-order valence-corrected chi connectivity index (χ1v) is 10.3. The van der Waals surface area contributed by atoms with Gasteiger partial charge >= 0.3 is 0 Å². The van der Waals surface area contributed by atoms with Gasteiger partial charge in [-0.1, -0.05) is 12.1 Å². The summed E-state index contributed by atoms with van der Waals surface area (Å²) in [5, 5.41) is 9.69. The number of rotatable bonds is 14. The van der Waals surface area contributed by atoms with Crippen LogP contribution in [-0.4, -0.2) is 60.5 Å². The Kier molecular flexibility index (Phi) is 9.01. The fraction of sp³-hybridized carbons (Fsp3) is 0.550. The minimum atomic E-state index is -0.259. The molecule has 0 radical (unpaired) electrons. The molecule has 10 heteroatoms. The number of anilines is 3. The molecule has 1 saturated carbocycles. The van der Waals surface area contributed by atoms with Gasteiger partial charge in [0.05, 0.1) is 26.4 Å². The van der Waals surface area contributed by atoms with Gasteiger partial charge in [-0.25, -0.2) is 4.39 Å². The molecule has 5 N–H and O–H groups in total. The first kappa shape index (κ1) is 22.1. The predicted octanol–water partition coefficient (Wildman–Crippen LogP) is 1.99. The molecule has 0 atom stereocenters. The van der Waals surface area contributed by atoms with Gasteiger partial charge in [0.2, 0.25) is 17.8 Å².